The molecule has 0 saturated carbocycles. The lowest BCUT2D eigenvalue weighted by molar-refractivity contribution is -0.132. The summed E-state index contributed by atoms with van der Waals surface area (Å²) in [6.45, 7) is 2.62. The van der Waals surface area contributed by atoms with Crippen molar-refractivity contribution < 1.29 is 14.0 Å². The van der Waals surface area contributed by atoms with E-state index in [9.17, 15) is 9.59 Å². The quantitative estimate of drug-likeness (QED) is 0.563. The number of halogens is 1. The SMILES string of the molecule is CCN(C(=O)CCC(=O)N(C)Cc1ccco1)c1cn(-c2cccnc2)nc1Cl. The Balaban J connectivity index is 1.63. The molecule has 0 aliphatic rings. The molecule has 8 nitrogen and oxygen atoms in total. The third-order valence-electron chi connectivity index (χ3n) is 4.42. The van der Waals surface area contributed by atoms with Crippen LogP contribution in [0.3, 0.4) is 0 Å². The van der Waals surface area contributed by atoms with E-state index in [0.717, 1.165) is 5.69 Å². The fraction of sp³-hybridized carbons (Fsp3) is 0.300. The summed E-state index contributed by atoms with van der Waals surface area (Å²) in [6, 6.07) is 7.20. The number of nitrogens with zero attached hydrogens (tertiary/aromatic N) is 5. The maximum atomic E-state index is 12.7. The lowest BCUT2D eigenvalue weighted by atomic mass is 10.2. The van der Waals surface area contributed by atoms with Gasteiger partial charge in [0, 0.05) is 32.6 Å². The summed E-state index contributed by atoms with van der Waals surface area (Å²) in [5.41, 5.74) is 1.23. The van der Waals surface area contributed by atoms with Gasteiger partial charge in [-0.25, -0.2) is 4.68 Å². The van der Waals surface area contributed by atoms with Crippen LogP contribution >= 0.6 is 11.6 Å². The number of carbonyl (C=O) groups excluding carboxylic acids is 2. The van der Waals surface area contributed by atoms with Crippen LogP contribution in [-0.2, 0) is 16.1 Å². The van der Waals surface area contributed by atoms with Crippen LogP contribution in [0.5, 0.6) is 0 Å². The summed E-state index contributed by atoms with van der Waals surface area (Å²) in [5, 5.41) is 4.47. The molecule has 0 spiro atoms. The molecular weight excluding hydrogens is 394 g/mol. The second-order valence-electron chi connectivity index (χ2n) is 6.43. The maximum absolute atomic E-state index is 12.7. The Labute approximate surface area is 173 Å². The predicted molar refractivity (Wildman–Crippen MR) is 109 cm³/mol. The van der Waals surface area contributed by atoms with E-state index in [1.807, 2.05) is 13.0 Å². The molecule has 0 unspecified atom stereocenters. The van der Waals surface area contributed by atoms with E-state index in [4.69, 9.17) is 16.0 Å². The maximum Gasteiger partial charge on any atom is 0.227 e. The van der Waals surface area contributed by atoms with Gasteiger partial charge in [0.15, 0.2) is 5.15 Å². The van der Waals surface area contributed by atoms with E-state index in [2.05, 4.69) is 10.1 Å². The molecule has 0 N–H and O–H groups in total. The Morgan fingerprint density at radius 1 is 1.21 bits per heavy atom. The third kappa shape index (κ3) is 5.03. The van der Waals surface area contributed by atoms with Crippen molar-refractivity contribution in [3.63, 3.8) is 0 Å². The average molecular weight is 416 g/mol. The number of anilines is 1. The smallest absolute Gasteiger partial charge is 0.227 e. The van der Waals surface area contributed by atoms with Gasteiger partial charge < -0.3 is 14.2 Å². The van der Waals surface area contributed by atoms with Gasteiger partial charge in [0.2, 0.25) is 11.8 Å². The van der Waals surface area contributed by atoms with Crippen molar-refractivity contribution in [3.05, 3.63) is 60.0 Å². The minimum absolute atomic E-state index is 0.0730. The molecule has 0 radical (unpaired) electrons. The molecule has 0 aromatic carbocycles. The highest BCUT2D eigenvalue weighted by Crippen LogP contribution is 2.26. The molecular formula is C20H22ClN5O3. The number of pyridine rings is 1. The van der Waals surface area contributed by atoms with Crippen molar-refractivity contribution in [2.24, 2.45) is 0 Å². The number of amides is 2. The van der Waals surface area contributed by atoms with Gasteiger partial charge in [-0.15, -0.1) is 0 Å². The van der Waals surface area contributed by atoms with Gasteiger partial charge in [-0.1, -0.05) is 11.6 Å². The lowest BCUT2D eigenvalue weighted by Crippen LogP contribution is -2.32. The van der Waals surface area contributed by atoms with Gasteiger partial charge in [-0.3, -0.25) is 14.6 Å². The zero-order chi connectivity index (χ0) is 20.8. The third-order valence-corrected chi connectivity index (χ3v) is 4.69. The lowest BCUT2D eigenvalue weighted by Gasteiger charge is -2.20. The first-order valence-corrected chi connectivity index (χ1v) is 9.59. The van der Waals surface area contributed by atoms with Crippen molar-refractivity contribution in [2.45, 2.75) is 26.3 Å². The van der Waals surface area contributed by atoms with Crippen molar-refractivity contribution >= 4 is 29.1 Å². The van der Waals surface area contributed by atoms with Gasteiger partial charge in [-0.05, 0) is 31.2 Å². The second kappa shape index (κ2) is 9.38. The Hall–Kier alpha value is -3.13. The highest BCUT2D eigenvalue weighted by atomic mass is 35.5. The molecule has 0 saturated heterocycles. The zero-order valence-electron chi connectivity index (χ0n) is 16.3. The van der Waals surface area contributed by atoms with Gasteiger partial charge in [-0.2, -0.15) is 5.10 Å². The van der Waals surface area contributed by atoms with Crippen LogP contribution in [0.1, 0.15) is 25.5 Å². The number of furan rings is 1. The summed E-state index contributed by atoms with van der Waals surface area (Å²) in [4.78, 5) is 32.2. The van der Waals surface area contributed by atoms with Gasteiger partial charge in [0.1, 0.15) is 11.4 Å². The topological polar surface area (TPSA) is 84.5 Å². The van der Waals surface area contributed by atoms with Crippen LogP contribution in [0.15, 0.2) is 53.5 Å². The minimum atomic E-state index is -0.195. The number of carbonyl (C=O) groups is 2. The largest absolute Gasteiger partial charge is 0.467 e. The van der Waals surface area contributed by atoms with E-state index in [1.165, 1.54) is 9.80 Å². The molecule has 0 aliphatic heterocycles. The second-order valence-corrected chi connectivity index (χ2v) is 6.79. The van der Waals surface area contributed by atoms with Crippen molar-refractivity contribution in [1.29, 1.82) is 0 Å². The summed E-state index contributed by atoms with van der Waals surface area (Å²) in [7, 11) is 1.68. The molecule has 3 heterocycles. The monoisotopic (exact) mass is 415 g/mol. The number of aromatic nitrogens is 3. The normalized spacial score (nSPS) is 10.7. The molecule has 3 aromatic heterocycles. The highest BCUT2D eigenvalue weighted by Gasteiger charge is 2.22. The molecule has 0 aliphatic carbocycles. The van der Waals surface area contributed by atoms with Gasteiger partial charge in [0.05, 0.1) is 30.9 Å². The Kier molecular flexibility index (Phi) is 6.66. The van der Waals surface area contributed by atoms with Crippen LogP contribution in [-0.4, -0.2) is 45.1 Å². The van der Waals surface area contributed by atoms with Crippen molar-refractivity contribution in [2.75, 3.05) is 18.5 Å². The number of hydrogen-bond acceptors (Lipinski definition) is 5. The van der Waals surface area contributed by atoms with E-state index in [-0.39, 0.29) is 29.8 Å². The highest BCUT2D eigenvalue weighted by molar-refractivity contribution is 6.32. The summed E-state index contributed by atoms with van der Waals surface area (Å²) in [6.07, 6.45) is 6.73. The molecule has 29 heavy (non-hydrogen) atoms. The van der Waals surface area contributed by atoms with E-state index in [0.29, 0.717) is 24.5 Å². The Morgan fingerprint density at radius 3 is 2.66 bits per heavy atom. The zero-order valence-corrected chi connectivity index (χ0v) is 17.0. The van der Waals surface area contributed by atoms with Gasteiger partial charge >= 0.3 is 0 Å². The molecule has 3 rings (SSSR count). The first kappa shape index (κ1) is 20.6. The fourth-order valence-electron chi connectivity index (χ4n) is 2.89. The molecule has 152 valence electrons. The van der Waals surface area contributed by atoms with E-state index < -0.39 is 0 Å². The first-order valence-electron chi connectivity index (χ1n) is 9.22. The molecule has 9 heteroatoms. The van der Waals surface area contributed by atoms with Crippen molar-refractivity contribution in [3.8, 4) is 5.69 Å². The summed E-state index contributed by atoms with van der Waals surface area (Å²) in [5.74, 6) is 0.361. The van der Waals surface area contributed by atoms with Crippen molar-refractivity contribution in [1.82, 2.24) is 19.7 Å². The fourth-order valence-corrected chi connectivity index (χ4v) is 3.12. The molecule has 0 bridgehead atoms. The van der Waals surface area contributed by atoms with E-state index >= 15 is 0 Å². The number of hydrogen-bond donors (Lipinski definition) is 0. The van der Waals surface area contributed by atoms with E-state index in [1.54, 1.807) is 54.8 Å². The minimum Gasteiger partial charge on any atom is -0.467 e. The predicted octanol–water partition coefficient (Wildman–Crippen LogP) is 3.31. The molecule has 2 amide bonds. The molecule has 0 fully saturated rings. The van der Waals surface area contributed by atoms with Crippen LogP contribution in [0, 0.1) is 0 Å². The van der Waals surface area contributed by atoms with Gasteiger partial charge in [0.25, 0.3) is 0 Å². The number of rotatable bonds is 8. The van der Waals surface area contributed by atoms with Crippen LogP contribution < -0.4 is 4.90 Å². The standard InChI is InChI=1S/C20H22ClN5O3/c1-3-25(17-14-26(23-20(17)21)15-6-4-10-22-12-15)19(28)9-8-18(27)24(2)13-16-7-5-11-29-16/h4-7,10-12,14H,3,8-9,13H2,1-2H3. The summed E-state index contributed by atoms with van der Waals surface area (Å²) >= 11 is 6.27. The van der Waals surface area contributed by atoms with Crippen LogP contribution in [0.2, 0.25) is 5.15 Å². The summed E-state index contributed by atoms with van der Waals surface area (Å²) < 4.78 is 6.82. The Bertz CT molecular complexity index is 956. The molecule has 3 aromatic rings. The Morgan fingerprint density at radius 2 is 2.00 bits per heavy atom. The van der Waals surface area contributed by atoms with Crippen LogP contribution in [0.4, 0.5) is 5.69 Å². The average Bonchev–Trinajstić information content (AvgIpc) is 3.37. The first-order chi connectivity index (χ1) is 14.0. The van der Waals surface area contributed by atoms with Crippen LogP contribution in [0.25, 0.3) is 5.69 Å². The molecule has 0 atom stereocenters.